The van der Waals surface area contributed by atoms with Crippen LogP contribution in [0.4, 0.5) is 0 Å². The van der Waals surface area contributed by atoms with Gasteiger partial charge in [-0.2, -0.15) is 0 Å². The van der Waals surface area contributed by atoms with E-state index in [2.05, 4.69) is 42.6 Å². The lowest BCUT2D eigenvalue weighted by atomic mass is 9.80. The van der Waals surface area contributed by atoms with Crippen LogP contribution in [0.1, 0.15) is 57.1 Å². The minimum atomic E-state index is 0.497. The van der Waals surface area contributed by atoms with Gasteiger partial charge in [0.05, 0.1) is 0 Å². The van der Waals surface area contributed by atoms with Crippen molar-refractivity contribution in [3.63, 3.8) is 0 Å². The van der Waals surface area contributed by atoms with E-state index in [9.17, 15) is 0 Å². The highest BCUT2D eigenvalue weighted by molar-refractivity contribution is 5.18. The van der Waals surface area contributed by atoms with Crippen molar-refractivity contribution in [2.24, 2.45) is 23.7 Å². The molecule has 1 aromatic carbocycles. The van der Waals surface area contributed by atoms with Crippen LogP contribution in [-0.2, 0) is 0 Å². The van der Waals surface area contributed by atoms with Gasteiger partial charge < -0.3 is 5.32 Å². The molecule has 108 valence electrons. The molecule has 4 rings (SSSR count). The topological polar surface area (TPSA) is 12.0 Å². The predicted octanol–water partition coefficient (Wildman–Crippen LogP) is 4.55. The molecular weight excluding hydrogens is 242 g/mol. The number of nitrogens with one attached hydrogen (secondary N) is 1. The van der Waals surface area contributed by atoms with Gasteiger partial charge in [0, 0.05) is 12.1 Å². The summed E-state index contributed by atoms with van der Waals surface area (Å²) in [4.78, 5) is 0. The zero-order valence-corrected chi connectivity index (χ0v) is 12.6. The molecule has 0 spiro atoms. The fourth-order valence-corrected chi connectivity index (χ4v) is 5.46. The molecule has 1 heteroatoms. The Balaban J connectivity index is 1.49. The van der Waals surface area contributed by atoms with Crippen molar-refractivity contribution in [1.82, 2.24) is 5.32 Å². The van der Waals surface area contributed by atoms with Crippen molar-refractivity contribution >= 4 is 0 Å². The normalized spacial score (nSPS) is 40.5. The zero-order chi connectivity index (χ0) is 13.5. The van der Waals surface area contributed by atoms with Gasteiger partial charge in [0.1, 0.15) is 0 Å². The summed E-state index contributed by atoms with van der Waals surface area (Å²) < 4.78 is 0. The molecule has 1 N–H and O–H groups in total. The van der Waals surface area contributed by atoms with E-state index < -0.39 is 0 Å². The molecule has 3 aliphatic carbocycles. The van der Waals surface area contributed by atoms with Crippen molar-refractivity contribution < 1.29 is 0 Å². The SMILES string of the molecule is C[C@H](N[C@H]1CCC2CC3CC(C2)C1C3)c1ccccc1. The van der Waals surface area contributed by atoms with Crippen molar-refractivity contribution in [2.45, 2.75) is 57.5 Å². The van der Waals surface area contributed by atoms with Crippen molar-refractivity contribution in [3.8, 4) is 0 Å². The van der Waals surface area contributed by atoms with Crippen LogP contribution < -0.4 is 5.32 Å². The third-order valence-electron chi connectivity index (χ3n) is 6.32. The molecule has 0 radical (unpaired) electrons. The first-order valence-electron chi connectivity index (χ1n) is 8.60. The van der Waals surface area contributed by atoms with Crippen LogP contribution in [-0.4, -0.2) is 6.04 Å². The monoisotopic (exact) mass is 269 g/mol. The van der Waals surface area contributed by atoms with E-state index in [-0.39, 0.29) is 0 Å². The lowest BCUT2D eigenvalue weighted by Gasteiger charge is -2.30. The highest BCUT2D eigenvalue weighted by atomic mass is 15.0. The molecule has 0 saturated heterocycles. The number of hydrogen-bond donors (Lipinski definition) is 1. The molecule has 0 amide bonds. The standard InChI is InChI=1S/C19H27N/c1-13(16-5-3-2-4-6-16)20-19-8-7-14-9-15-11-17(10-14)18(19)12-15/h2-6,13-15,17-20H,7-12H2,1H3/t13-,14?,15?,17?,18?,19-/m0/s1. The van der Waals surface area contributed by atoms with Gasteiger partial charge >= 0.3 is 0 Å². The third kappa shape index (κ3) is 2.30. The Morgan fingerprint density at radius 2 is 1.75 bits per heavy atom. The highest BCUT2D eigenvalue weighted by Crippen LogP contribution is 2.53. The maximum absolute atomic E-state index is 3.99. The average molecular weight is 269 g/mol. The molecule has 3 bridgehead atoms. The van der Waals surface area contributed by atoms with Gasteiger partial charge in [-0.15, -0.1) is 0 Å². The lowest BCUT2D eigenvalue weighted by molar-refractivity contribution is 0.253. The summed E-state index contributed by atoms with van der Waals surface area (Å²) in [6.07, 6.45) is 9.03. The van der Waals surface area contributed by atoms with Crippen molar-refractivity contribution in [1.29, 1.82) is 0 Å². The van der Waals surface area contributed by atoms with Gasteiger partial charge in [-0.25, -0.2) is 0 Å². The minimum absolute atomic E-state index is 0.497. The predicted molar refractivity (Wildman–Crippen MR) is 83.4 cm³/mol. The van der Waals surface area contributed by atoms with Gasteiger partial charge in [0.25, 0.3) is 0 Å². The van der Waals surface area contributed by atoms with Crippen molar-refractivity contribution in [3.05, 3.63) is 35.9 Å². The summed E-state index contributed by atoms with van der Waals surface area (Å²) in [5.41, 5.74) is 1.44. The molecule has 20 heavy (non-hydrogen) atoms. The van der Waals surface area contributed by atoms with Crippen LogP contribution in [0.25, 0.3) is 0 Å². The summed E-state index contributed by atoms with van der Waals surface area (Å²) in [5, 5.41) is 3.99. The molecule has 1 nitrogen and oxygen atoms in total. The van der Waals surface area contributed by atoms with Gasteiger partial charge in [0.2, 0.25) is 0 Å². The molecule has 0 aliphatic heterocycles. The first-order valence-corrected chi connectivity index (χ1v) is 8.60. The lowest BCUT2D eigenvalue weighted by Crippen LogP contribution is -2.38. The summed E-state index contributed by atoms with van der Waals surface area (Å²) in [6.45, 7) is 2.34. The van der Waals surface area contributed by atoms with E-state index in [1.54, 1.807) is 19.3 Å². The fraction of sp³-hybridized carbons (Fsp3) is 0.684. The molecule has 4 unspecified atom stereocenters. The molecule has 0 aromatic heterocycles. The third-order valence-corrected chi connectivity index (χ3v) is 6.32. The van der Waals surface area contributed by atoms with E-state index in [4.69, 9.17) is 0 Å². The van der Waals surface area contributed by atoms with Gasteiger partial charge in [-0.05, 0) is 74.7 Å². The Morgan fingerprint density at radius 3 is 2.60 bits per heavy atom. The maximum Gasteiger partial charge on any atom is 0.0294 e. The summed E-state index contributed by atoms with van der Waals surface area (Å²) in [7, 11) is 0. The van der Waals surface area contributed by atoms with Crippen LogP contribution in [0.15, 0.2) is 30.3 Å². The summed E-state index contributed by atoms with van der Waals surface area (Å²) in [5.74, 6) is 4.14. The van der Waals surface area contributed by atoms with Gasteiger partial charge in [-0.1, -0.05) is 30.3 Å². The molecular formula is C19H27N. The number of fused-ring (bicyclic) bond motifs is 2. The van der Waals surface area contributed by atoms with E-state index in [0.29, 0.717) is 6.04 Å². The summed E-state index contributed by atoms with van der Waals surface area (Å²) in [6, 6.07) is 12.2. The maximum atomic E-state index is 3.99. The van der Waals surface area contributed by atoms with Crippen LogP contribution in [0.3, 0.4) is 0 Å². The second-order valence-electron chi connectivity index (χ2n) is 7.58. The largest absolute Gasteiger partial charge is 0.307 e. The molecule has 0 heterocycles. The minimum Gasteiger partial charge on any atom is -0.307 e. The molecule has 1 aromatic rings. The van der Waals surface area contributed by atoms with Crippen LogP contribution >= 0.6 is 0 Å². The number of hydrogen-bond acceptors (Lipinski definition) is 1. The van der Waals surface area contributed by atoms with E-state index in [1.165, 1.54) is 24.8 Å². The second kappa shape index (κ2) is 5.18. The molecule has 3 aliphatic rings. The van der Waals surface area contributed by atoms with E-state index in [1.807, 2.05) is 0 Å². The van der Waals surface area contributed by atoms with Crippen LogP contribution in [0.2, 0.25) is 0 Å². The number of benzene rings is 1. The van der Waals surface area contributed by atoms with Crippen molar-refractivity contribution in [2.75, 3.05) is 0 Å². The first kappa shape index (κ1) is 12.9. The molecule has 3 saturated carbocycles. The Labute approximate surface area is 123 Å². The van der Waals surface area contributed by atoms with E-state index in [0.717, 1.165) is 29.7 Å². The quantitative estimate of drug-likeness (QED) is 0.848. The summed E-state index contributed by atoms with van der Waals surface area (Å²) >= 11 is 0. The van der Waals surface area contributed by atoms with E-state index >= 15 is 0 Å². The second-order valence-corrected chi connectivity index (χ2v) is 7.58. The van der Waals surface area contributed by atoms with Crippen LogP contribution in [0.5, 0.6) is 0 Å². The Kier molecular flexibility index (Phi) is 3.34. The Morgan fingerprint density at radius 1 is 0.950 bits per heavy atom. The average Bonchev–Trinajstić information content (AvgIpc) is 2.72. The highest BCUT2D eigenvalue weighted by Gasteiger charge is 2.46. The zero-order valence-electron chi connectivity index (χ0n) is 12.6. The first-order chi connectivity index (χ1) is 9.79. The Hall–Kier alpha value is -0.820. The molecule has 3 fully saturated rings. The van der Waals surface area contributed by atoms with Crippen LogP contribution in [0, 0.1) is 23.7 Å². The Bertz CT molecular complexity index is 454. The smallest absolute Gasteiger partial charge is 0.0294 e. The van der Waals surface area contributed by atoms with Gasteiger partial charge in [-0.3, -0.25) is 0 Å². The van der Waals surface area contributed by atoms with Gasteiger partial charge in [0.15, 0.2) is 0 Å². The molecule has 6 atom stereocenters. The fourth-order valence-electron chi connectivity index (χ4n) is 5.46. The number of rotatable bonds is 3.